The Bertz CT molecular complexity index is 169. The fourth-order valence-corrected chi connectivity index (χ4v) is 4.10. The quantitative estimate of drug-likeness (QED) is 0.235. The van der Waals surface area contributed by atoms with Crippen LogP contribution in [0.5, 0.6) is 0 Å². The molecule has 100 valence electrons. The van der Waals surface area contributed by atoms with Crippen LogP contribution in [0, 0.1) is 11.8 Å². The molecular weight excluding hydrogens is 339 g/mol. The topological polar surface area (TPSA) is 18.5 Å². The van der Waals surface area contributed by atoms with Crippen LogP contribution in [0.2, 0.25) is 4.05 Å². The Morgan fingerprint density at radius 2 is 1.82 bits per heavy atom. The average Bonchev–Trinajstić information content (AvgIpc) is 2.28. The summed E-state index contributed by atoms with van der Waals surface area (Å²) in [5.41, 5.74) is 0. The molecule has 0 amide bonds. The summed E-state index contributed by atoms with van der Waals surface area (Å²) in [6, 6.07) is 0. The minimum absolute atomic E-state index is 0.172. The number of rotatable bonds is 11. The molecular formula is C13H27IMgO2. The van der Waals surface area contributed by atoms with Crippen LogP contribution in [0.1, 0.15) is 46.5 Å². The molecule has 0 rings (SSSR count). The lowest BCUT2D eigenvalue weighted by Crippen LogP contribution is -2.08. The van der Waals surface area contributed by atoms with Gasteiger partial charge in [-0.25, -0.2) is 0 Å². The van der Waals surface area contributed by atoms with Crippen molar-refractivity contribution in [3.63, 3.8) is 0 Å². The SMILES string of the molecule is COCOCCCC(C)CC(C)C[CH](C)[Mg][I]. The lowest BCUT2D eigenvalue weighted by molar-refractivity contribution is -0.0323. The number of methoxy groups -OCH3 is 1. The number of hydrogen-bond acceptors (Lipinski definition) is 2. The summed E-state index contributed by atoms with van der Waals surface area (Å²) in [7, 11) is 1.67. The summed E-state index contributed by atoms with van der Waals surface area (Å²) in [5, 5.41) is 0. The molecule has 0 spiro atoms. The molecule has 0 N–H and O–H groups in total. The van der Waals surface area contributed by atoms with E-state index in [0.717, 1.165) is 28.9 Å². The smallest absolute Gasteiger partial charge is 0.359 e. The van der Waals surface area contributed by atoms with E-state index in [-0.39, 0.29) is 16.5 Å². The molecule has 0 aromatic rings. The third kappa shape index (κ3) is 12.2. The van der Waals surface area contributed by atoms with Crippen LogP contribution in [0.25, 0.3) is 0 Å². The molecule has 0 saturated carbocycles. The highest BCUT2D eigenvalue weighted by atomic mass is 127. The molecule has 0 aromatic heterocycles. The predicted molar refractivity (Wildman–Crippen MR) is 83.8 cm³/mol. The van der Waals surface area contributed by atoms with Gasteiger partial charge in [-0.2, -0.15) is 0 Å². The van der Waals surface area contributed by atoms with Crippen LogP contribution >= 0.6 is 18.9 Å². The predicted octanol–water partition coefficient (Wildman–Crippen LogP) is 4.30. The van der Waals surface area contributed by atoms with Gasteiger partial charge in [0.1, 0.15) is 6.79 Å². The van der Waals surface area contributed by atoms with Gasteiger partial charge in [-0.3, -0.25) is 0 Å². The highest BCUT2D eigenvalue weighted by Gasteiger charge is 2.12. The van der Waals surface area contributed by atoms with E-state index in [1.165, 1.54) is 19.3 Å². The molecule has 3 atom stereocenters. The van der Waals surface area contributed by atoms with E-state index in [9.17, 15) is 0 Å². The van der Waals surface area contributed by atoms with Gasteiger partial charge in [-0.15, -0.1) is 4.05 Å². The van der Waals surface area contributed by atoms with Gasteiger partial charge in [0.2, 0.25) is 0 Å². The van der Waals surface area contributed by atoms with E-state index in [4.69, 9.17) is 9.47 Å². The van der Waals surface area contributed by atoms with Crippen LogP contribution in [0.15, 0.2) is 0 Å². The van der Waals surface area contributed by atoms with Gasteiger partial charge in [-0.05, 0) is 31.1 Å². The van der Waals surface area contributed by atoms with Gasteiger partial charge in [-0.1, -0.05) is 27.2 Å². The van der Waals surface area contributed by atoms with Crippen molar-refractivity contribution in [3.8, 4) is 0 Å². The summed E-state index contributed by atoms with van der Waals surface area (Å²) in [6.45, 7) is 8.47. The highest BCUT2D eigenvalue weighted by Crippen LogP contribution is 2.25. The van der Waals surface area contributed by atoms with Crippen molar-refractivity contribution in [2.75, 3.05) is 20.5 Å². The fraction of sp³-hybridized carbons (Fsp3) is 1.00. The second-order valence-corrected chi connectivity index (χ2v) is 9.74. The zero-order valence-electron chi connectivity index (χ0n) is 11.9. The molecule has 0 aliphatic rings. The molecule has 2 nitrogen and oxygen atoms in total. The van der Waals surface area contributed by atoms with Crippen LogP contribution in [-0.2, 0) is 9.47 Å². The Hall–Kier alpha value is 1.42. The lowest BCUT2D eigenvalue weighted by atomic mass is 9.91. The molecule has 0 aliphatic heterocycles. The Labute approximate surface area is 127 Å². The second kappa shape index (κ2) is 12.5. The fourth-order valence-electron chi connectivity index (χ4n) is 2.33. The molecule has 0 radical (unpaired) electrons. The third-order valence-corrected chi connectivity index (χ3v) is 8.43. The monoisotopic (exact) mass is 366 g/mol. The van der Waals surface area contributed by atoms with E-state index in [1.807, 2.05) is 0 Å². The summed E-state index contributed by atoms with van der Waals surface area (Å²) < 4.78 is 11.2. The van der Waals surface area contributed by atoms with Gasteiger partial charge >= 0.3 is 16.5 Å². The molecule has 0 bridgehead atoms. The van der Waals surface area contributed by atoms with Crippen molar-refractivity contribution < 1.29 is 9.47 Å². The van der Waals surface area contributed by atoms with Crippen molar-refractivity contribution >= 4 is 35.3 Å². The zero-order chi connectivity index (χ0) is 13.1. The Morgan fingerprint density at radius 3 is 2.41 bits per heavy atom. The number of halogens is 1. The summed E-state index contributed by atoms with van der Waals surface area (Å²) >= 11 is 2.80. The van der Waals surface area contributed by atoms with Gasteiger partial charge < -0.3 is 28.3 Å². The van der Waals surface area contributed by atoms with E-state index >= 15 is 0 Å². The van der Waals surface area contributed by atoms with Gasteiger partial charge in [0.25, 0.3) is 0 Å². The summed E-state index contributed by atoms with van der Waals surface area (Å²) in [5.74, 6) is 1.72. The summed E-state index contributed by atoms with van der Waals surface area (Å²) in [4.78, 5) is 0. The van der Waals surface area contributed by atoms with Crippen LogP contribution < -0.4 is 0 Å². The molecule has 0 saturated heterocycles. The first-order valence-electron chi connectivity index (χ1n) is 6.72. The molecule has 0 heterocycles. The van der Waals surface area contributed by atoms with Crippen LogP contribution in [-0.4, -0.2) is 37.0 Å². The Morgan fingerprint density at radius 1 is 1.12 bits per heavy atom. The minimum atomic E-state index is 0.172. The maximum absolute atomic E-state index is 5.30. The molecule has 17 heavy (non-hydrogen) atoms. The van der Waals surface area contributed by atoms with Gasteiger partial charge in [0.15, 0.2) is 0 Å². The minimum Gasteiger partial charge on any atom is -0.359 e. The van der Waals surface area contributed by atoms with E-state index in [0.29, 0.717) is 6.79 Å². The molecule has 0 aliphatic carbocycles. The largest absolute Gasteiger partial charge is 0.466 e. The third-order valence-electron chi connectivity index (χ3n) is 3.06. The first-order chi connectivity index (χ1) is 8.10. The highest BCUT2D eigenvalue weighted by molar-refractivity contribution is 14.1. The first-order valence-corrected chi connectivity index (χ1v) is 12.7. The van der Waals surface area contributed by atoms with Crippen molar-refractivity contribution in [1.29, 1.82) is 0 Å². The number of ether oxygens (including phenoxy) is 2. The van der Waals surface area contributed by atoms with Crippen LogP contribution in [0.4, 0.5) is 0 Å². The first kappa shape index (κ1) is 18.4. The molecule has 3 unspecified atom stereocenters. The molecule has 0 aromatic carbocycles. The summed E-state index contributed by atoms with van der Waals surface area (Å²) in [6.07, 6.45) is 5.25. The van der Waals surface area contributed by atoms with E-state index < -0.39 is 0 Å². The van der Waals surface area contributed by atoms with Crippen molar-refractivity contribution in [1.82, 2.24) is 0 Å². The maximum Gasteiger partial charge on any atom is 0.466 e. The zero-order valence-corrected chi connectivity index (χ0v) is 15.4. The molecule has 4 heteroatoms. The Kier molecular flexibility index (Phi) is 13.5. The van der Waals surface area contributed by atoms with Gasteiger partial charge in [0.05, 0.1) is 0 Å². The van der Waals surface area contributed by atoms with Crippen molar-refractivity contribution in [2.24, 2.45) is 11.8 Å². The molecule has 0 fully saturated rings. The van der Waals surface area contributed by atoms with Gasteiger partial charge in [0, 0.05) is 13.7 Å². The standard InChI is InChI=1S/C13H27O2.HI.Mg/c1-5-7-12(2)10-13(3)8-6-9-15-11-14-4;;/h5,12-13H,6-11H2,1-4H3;1H;/q;;+1/p-1. The van der Waals surface area contributed by atoms with Crippen LogP contribution in [0.3, 0.4) is 0 Å². The van der Waals surface area contributed by atoms with Crippen molar-refractivity contribution in [3.05, 3.63) is 0 Å². The normalized spacial score (nSPS) is 16.3. The Balaban J connectivity index is 3.46. The lowest BCUT2D eigenvalue weighted by Gasteiger charge is -2.19. The van der Waals surface area contributed by atoms with E-state index in [2.05, 4.69) is 39.6 Å². The number of hydrogen-bond donors (Lipinski definition) is 0. The van der Waals surface area contributed by atoms with E-state index in [1.54, 1.807) is 7.11 Å². The van der Waals surface area contributed by atoms with Crippen molar-refractivity contribution in [2.45, 2.75) is 50.5 Å². The second-order valence-electron chi connectivity index (χ2n) is 5.40. The average molecular weight is 367 g/mol. The maximum atomic E-state index is 5.30.